The molecule has 0 aliphatic carbocycles. The molecule has 0 heterocycles. The summed E-state index contributed by atoms with van der Waals surface area (Å²) in [6.45, 7) is 0. The molecule has 108 valence electrons. The number of nitrogen functional groups attached to an aromatic ring is 1. The van der Waals surface area contributed by atoms with Gasteiger partial charge in [-0.05, 0) is 36.4 Å². The van der Waals surface area contributed by atoms with Crippen molar-refractivity contribution in [2.45, 2.75) is 4.90 Å². The largest absolute Gasteiger partial charge is 0.398 e. The van der Waals surface area contributed by atoms with E-state index >= 15 is 0 Å². The lowest BCUT2D eigenvalue weighted by molar-refractivity contribution is 0.601. The van der Waals surface area contributed by atoms with Crippen LogP contribution in [-0.4, -0.2) is 8.42 Å². The van der Waals surface area contributed by atoms with Crippen LogP contribution in [0.4, 0.5) is 11.4 Å². The van der Waals surface area contributed by atoms with Crippen molar-refractivity contribution in [1.29, 1.82) is 5.26 Å². The molecule has 0 atom stereocenters. The van der Waals surface area contributed by atoms with Gasteiger partial charge in [-0.25, -0.2) is 8.42 Å². The van der Waals surface area contributed by atoms with Crippen molar-refractivity contribution in [3.05, 3.63) is 52.0 Å². The Hall–Kier alpha value is -1.94. The number of halogens is 2. The predicted molar refractivity (Wildman–Crippen MR) is 82.8 cm³/mol. The van der Waals surface area contributed by atoms with E-state index in [-0.39, 0.29) is 26.9 Å². The molecule has 0 amide bonds. The second-order valence-corrected chi connectivity index (χ2v) is 6.59. The smallest absolute Gasteiger partial charge is 0.263 e. The van der Waals surface area contributed by atoms with Gasteiger partial charge in [0, 0.05) is 5.02 Å². The number of nitrogens with one attached hydrogen (secondary N) is 1. The van der Waals surface area contributed by atoms with E-state index in [2.05, 4.69) is 4.72 Å². The minimum absolute atomic E-state index is 0.0216. The molecule has 0 saturated carbocycles. The fourth-order valence-electron chi connectivity index (χ4n) is 1.63. The van der Waals surface area contributed by atoms with E-state index in [1.54, 1.807) is 0 Å². The number of nitriles is 1. The molecule has 0 saturated heterocycles. The molecule has 5 nitrogen and oxygen atoms in total. The number of sulfonamides is 1. The number of benzene rings is 2. The summed E-state index contributed by atoms with van der Waals surface area (Å²) in [7, 11) is -3.92. The second-order valence-electron chi connectivity index (χ2n) is 4.09. The first-order valence-electron chi connectivity index (χ1n) is 5.61. The van der Waals surface area contributed by atoms with Crippen molar-refractivity contribution in [3.63, 3.8) is 0 Å². The second kappa shape index (κ2) is 5.82. The standard InChI is InChI=1S/C13H9Cl2N3O2S/c14-9-2-3-12(10(15)6-9)18-21(19,20)13-4-1-8(7-16)5-11(13)17/h1-6,18H,17H2. The summed E-state index contributed by atoms with van der Waals surface area (Å²) in [5.41, 5.74) is 6.11. The van der Waals surface area contributed by atoms with Gasteiger partial charge in [-0.15, -0.1) is 0 Å². The average molecular weight is 342 g/mol. The number of anilines is 2. The fourth-order valence-corrected chi connectivity index (χ4v) is 3.34. The first-order chi connectivity index (χ1) is 9.83. The van der Waals surface area contributed by atoms with Crippen molar-refractivity contribution in [3.8, 4) is 6.07 Å². The third-order valence-electron chi connectivity index (χ3n) is 2.60. The van der Waals surface area contributed by atoms with E-state index in [1.165, 1.54) is 36.4 Å². The summed E-state index contributed by atoms with van der Waals surface area (Å²) < 4.78 is 26.9. The minimum Gasteiger partial charge on any atom is -0.398 e. The van der Waals surface area contributed by atoms with E-state index in [1.807, 2.05) is 6.07 Å². The summed E-state index contributed by atoms with van der Waals surface area (Å²) in [6, 6.07) is 10.2. The Morgan fingerprint density at radius 1 is 1.14 bits per heavy atom. The third kappa shape index (κ3) is 3.39. The van der Waals surface area contributed by atoms with Crippen molar-refractivity contribution in [2.24, 2.45) is 0 Å². The molecule has 0 spiro atoms. The summed E-state index contributed by atoms with van der Waals surface area (Å²) >= 11 is 11.7. The Morgan fingerprint density at radius 3 is 2.43 bits per heavy atom. The number of nitrogens with two attached hydrogens (primary N) is 1. The number of hydrogen-bond acceptors (Lipinski definition) is 4. The molecular formula is C13H9Cl2N3O2S. The molecule has 0 aliphatic heterocycles. The SMILES string of the molecule is N#Cc1ccc(S(=O)(=O)Nc2ccc(Cl)cc2Cl)c(N)c1. The number of hydrogen-bond donors (Lipinski definition) is 2. The average Bonchev–Trinajstić information content (AvgIpc) is 2.41. The number of rotatable bonds is 3. The molecule has 3 N–H and O–H groups in total. The maximum absolute atomic E-state index is 12.3. The van der Waals surface area contributed by atoms with Gasteiger partial charge in [0.1, 0.15) is 4.90 Å². The van der Waals surface area contributed by atoms with E-state index in [0.29, 0.717) is 5.02 Å². The summed E-state index contributed by atoms with van der Waals surface area (Å²) in [5, 5.41) is 9.31. The monoisotopic (exact) mass is 341 g/mol. The van der Waals surface area contributed by atoms with Crippen LogP contribution in [0.2, 0.25) is 10.0 Å². The van der Waals surface area contributed by atoms with Gasteiger partial charge >= 0.3 is 0 Å². The third-order valence-corrected chi connectivity index (χ3v) is 4.59. The maximum Gasteiger partial charge on any atom is 0.263 e. The van der Waals surface area contributed by atoms with Gasteiger partial charge in [0.25, 0.3) is 10.0 Å². The Bertz CT molecular complexity index is 845. The van der Waals surface area contributed by atoms with Crippen LogP contribution in [0.3, 0.4) is 0 Å². The zero-order valence-electron chi connectivity index (χ0n) is 10.5. The van der Waals surface area contributed by atoms with Crippen molar-refractivity contribution < 1.29 is 8.42 Å². The van der Waals surface area contributed by atoms with Crippen LogP contribution in [0.1, 0.15) is 5.56 Å². The Kier molecular flexibility index (Phi) is 4.28. The fraction of sp³-hybridized carbons (Fsp3) is 0. The van der Waals surface area contributed by atoms with Gasteiger partial charge in [-0.3, -0.25) is 4.72 Å². The van der Waals surface area contributed by atoms with Gasteiger partial charge in [-0.1, -0.05) is 23.2 Å². The molecule has 2 rings (SSSR count). The Labute approximate surface area is 132 Å². The molecule has 21 heavy (non-hydrogen) atoms. The molecule has 0 aliphatic rings. The molecule has 2 aromatic rings. The summed E-state index contributed by atoms with van der Waals surface area (Å²) in [6.07, 6.45) is 0. The minimum atomic E-state index is -3.92. The predicted octanol–water partition coefficient (Wildman–Crippen LogP) is 3.25. The molecule has 0 unspecified atom stereocenters. The topological polar surface area (TPSA) is 96.0 Å². The highest BCUT2D eigenvalue weighted by Crippen LogP contribution is 2.29. The lowest BCUT2D eigenvalue weighted by Gasteiger charge is -2.11. The van der Waals surface area contributed by atoms with Crippen LogP contribution < -0.4 is 10.5 Å². The Morgan fingerprint density at radius 2 is 1.86 bits per heavy atom. The lowest BCUT2D eigenvalue weighted by Crippen LogP contribution is -2.15. The zero-order valence-corrected chi connectivity index (χ0v) is 12.8. The first-order valence-corrected chi connectivity index (χ1v) is 7.85. The first kappa shape index (κ1) is 15.4. The summed E-state index contributed by atoms with van der Waals surface area (Å²) in [4.78, 5) is -0.132. The van der Waals surface area contributed by atoms with Crippen LogP contribution in [0.25, 0.3) is 0 Å². The van der Waals surface area contributed by atoms with Crippen LogP contribution in [-0.2, 0) is 10.0 Å². The van der Waals surface area contributed by atoms with Crippen LogP contribution in [0, 0.1) is 11.3 Å². The molecule has 0 bridgehead atoms. The van der Waals surface area contributed by atoms with Crippen molar-refractivity contribution in [2.75, 3.05) is 10.5 Å². The van der Waals surface area contributed by atoms with Gasteiger partial charge in [0.05, 0.1) is 28.0 Å². The highest BCUT2D eigenvalue weighted by molar-refractivity contribution is 7.92. The van der Waals surface area contributed by atoms with Crippen LogP contribution in [0.5, 0.6) is 0 Å². The van der Waals surface area contributed by atoms with Gasteiger partial charge in [0.2, 0.25) is 0 Å². The van der Waals surface area contributed by atoms with E-state index in [4.69, 9.17) is 34.2 Å². The van der Waals surface area contributed by atoms with Crippen LogP contribution in [0.15, 0.2) is 41.3 Å². The van der Waals surface area contributed by atoms with Gasteiger partial charge in [-0.2, -0.15) is 5.26 Å². The van der Waals surface area contributed by atoms with Crippen molar-refractivity contribution in [1.82, 2.24) is 0 Å². The molecule has 8 heteroatoms. The highest BCUT2D eigenvalue weighted by atomic mass is 35.5. The summed E-state index contributed by atoms with van der Waals surface area (Å²) in [5.74, 6) is 0. The van der Waals surface area contributed by atoms with Crippen LogP contribution >= 0.6 is 23.2 Å². The Balaban J connectivity index is 2.41. The van der Waals surface area contributed by atoms with E-state index in [0.717, 1.165) is 0 Å². The molecule has 0 radical (unpaired) electrons. The molecule has 2 aromatic carbocycles. The van der Waals surface area contributed by atoms with Gasteiger partial charge < -0.3 is 5.73 Å². The molecular weight excluding hydrogens is 333 g/mol. The van der Waals surface area contributed by atoms with Gasteiger partial charge in [0.15, 0.2) is 0 Å². The van der Waals surface area contributed by atoms with Crippen molar-refractivity contribution >= 4 is 44.6 Å². The maximum atomic E-state index is 12.3. The quantitative estimate of drug-likeness (QED) is 0.837. The molecule has 0 aromatic heterocycles. The number of nitrogens with zero attached hydrogens (tertiary/aromatic N) is 1. The molecule has 0 fully saturated rings. The zero-order chi connectivity index (χ0) is 15.6. The lowest BCUT2D eigenvalue weighted by atomic mass is 10.2. The van der Waals surface area contributed by atoms with E-state index < -0.39 is 10.0 Å². The highest BCUT2D eigenvalue weighted by Gasteiger charge is 2.19. The van der Waals surface area contributed by atoms with E-state index in [9.17, 15) is 8.42 Å². The normalized spacial score (nSPS) is 10.9.